The van der Waals surface area contributed by atoms with Gasteiger partial charge in [-0.2, -0.15) is 4.37 Å². The minimum Gasteiger partial charge on any atom is -0.344 e. The molecule has 2 bridgehead atoms. The van der Waals surface area contributed by atoms with Gasteiger partial charge in [-0.1, -0.05) is 39.8 Å². The Bertz CT molecular complexity index is 975. The summed E-state index contributed by atoms with van der Waals surface area (Å²) >= 11 is 1.39. The van der Waals surface area contributed by atoms with Gasteiger partial charge in [-0.25, -0.2) is 9.37 Å². The van der Waals surface area contributed by atoms with Gasteiger partial charge in [-0.05, 0) is 61.1 Å². The molecule has 1 aromatic heterocycles. The molecule has 0 spiro atoms. The number of amides is 1. The van der Waals surface area contributed by atoms with Crippen LogP contribution in [0.25, 0.3) is 0 Å². The number of nitrogens with zero attached hydrogens (tertiary/aromatic N) is 4. The Morgan fingerprint density at radius 2 is 2.00 bits per heavy atom. The molecule has 0 radical (unpaired) electrons. The highest BCUT2D eigenvalue weighted by Gasteiger charge is 2.50. The number of hydrogen-bond acceptors (Lipinski definition) is 5. The minimum atomic E-state index is -0.238. The van der Waals surface area contributed by atoms with Crippen LogP contribution in [-0.2, 0) is 11.2 Å². The second-order valence-electron chi connectivity index (χ2n) is 11.2. The standard InChI is InChI=1S/C26H37FN4OS/c1-6-18(2)30(24-28-22(29-33-24)13-19-7-9-20(27)10-8-19)12-11-23(32)31-17-26(5)15-21(31)14-25(3,4)16-26/h7-10,18,21H,6,11-17H2,1-5H3. The fourth-order valence-electron chi connectivity index (χ4n) is 6.05. The highest BCUT2D eigenvalue weighted by atomic mass is 32.1. The summed E-state index contributed by atoms with van der Waals surface area (Å²) in [6.07, 6.45) is 5.49. The summed E-state index contributed by atoms with van der Waals surface area (Å²) < 4.78 is 17.7. The number of carbonyl (C=O) groups excluding carboxylic acids is 1. The predicted molar refractivity (Wildman–Crippen MR) is 132 cm³/mol. The number of carbonyl (C=O) groups is 1. The van der Waals surface area contributed by atoms with Gasteiger partial charge in [0.1, 0.15) is 11.6 Å². The number of likely N-dealkylation sites (tertiary alicyclic amines) is 1. The van der Waals surface area contributed by atoms with Crippen molar-refractivity contribution >= 4 is 22.6 Å². The van der Waals surface area contributed by atoms with Crippen LogP contribution in [0.2, 0.25) is 0 Å². The molecule has 1 aliphatic heterocycles. The van der Waals surface area contributed by atoms with Crippen LogP contribution in [0.5, 0.6) is 0 Å². The SMILES string of the molecule is CCC(C)N(CCC(=O)N1CC2(C)CC1CC(C)(C)C2)c1nc(Cc2ccc(F)cc2)ns1. The second-order valence-corrected chi connectivity index (χ2v) is 12.0. The van der Waals surface area contributed by atoms with Gasteiger partial charge in [0.25, 0.3) is 0 Å². The highest BCUT2D eigenvalue weighted by Crippen LogP contribution is 2.52. The third kappa shape index (κ3) is 5.56. The molecule has 2 aliphatic rings. The van der Waals surface area contributed by atoms with Crippen molar-refractivity contribution in [2.45, 2.75) is 85.2 Å². The molecule has 180 valence electrons. The summed E-state index contributed by atoms with van der Waals surface area (Å²) in [5.74, 6) is 0.772. The normalized spacial score (nSPS) is 24.7. The average Bonchev–Trinajstić information content (AvgIpc) is 3.30. The molecule has 2 aromatic rings. The van der Waals surface area contributed by atoms with Gasteiger partial charge >= 0.3 is 0 Å². The molecule has 1 amide bonds. The van der Waals surface area contributed by atoms with E-state index in [0.29, 0.717) is 30.8 Å². The first-order valence-electron chi connectivity index (χ1n) is 12.2. The Labute approximate surface area is 201 Å². The van der Waals surface area contributed by atoms with Crippen LogP contribution in [0.15, 0.2) is 24.3 Å². The largest absolute Gasteiger partial charge is 0.344 e. The maximum atomic E-state index is 13.3. The lowest BCUT2D eigenvalue weighted by molar-refractivity contribution is -0.132. The van der Waals surface area contributed by atoms with Crippen molar-refractivity contribution in [3.8, 4) is 0 Å². The van der Waals surface area contributed by atoms with Gasteiger partial charge in [0.05, 0.1) is 0 Å². The maximum absolute atomic E-state index is 13.3. The van der Waals surface area contributed by atoms with Gasteiger partial charge in [-0.15, -0.1) is 0 Å². The van der Waals surface area contributed by atoms with Gasteiger partial charge in [0, 0.05) is 49.5 Å². The monoisotopic (exact) mass is 472 g/mol. The Kier molecular flexibility index (Phi) is 6.81. The molecule has 33 heavy (non-hydrogen) atoms. The van der Waals surface area contributed by atoms with Crippen LogP contribution < -0.4 is 4.90 Å². The van der Waals surface area contributed by atoms with Crippen LogP contribution in [-0.4, -0.2) is 45.3 Å². The Balaban J connectivity index is 1.41. The van der Waals surface area contributed by atoms with Crippen molar-refractivity contribution in [3.05, 3.63) is 41.5 Å². The molecule has 2 fully saturated rings. The van der Waals surface area contributed by atoms with Crippen LogP contribution in [0, 0.1) is 16.6 Å². The zero-order valence-corrected chi connectivity index (χ0v) is 21.4. The molecule has 5 nitrogen and oxygen atoms in total. The van der Waals surface area contributed by atoms with Crippen LogP contribution in [0.4, 0.5) is 9.52 Å². The number of aromatic nitrogens is 2. The van der Waals surface area contributed by atoms with Crippen molar-refractivity contribution in [1.29, 1.82) is 0 Å². The van der Waals surface area contributed by atoms with E-state index in [1.807, 2.05) is 0 Å². The summed E-state index contributed by atoms with van der Waals surface area (Å²) in [7, 11) is 0. The Morgan fingerprint density at radius 1 is 1.27 bits per heavy atom. The van der Waals surface area contributed by atoms with E-state index in [1.165, 1.54) is 30.1 Å². The number of rotatable bonds is 8. The van der Waals surface area contributed by atoms with E-state index in [1.54, 1.807) is 12.1 Å². The molecule has 0 N–H and O–H groups in total. The molecule has 1 aliphatic carbocycles. The quantitative estimate of drug-likeness (QED) is 0.495. The summed E-state index contributed by atoms with van der Waals surface area (Å²) in [6.45, 7) is 12.9. The predicted octanol–water partition coefficient (Wildman–Crippen LogP) is 5.69. The molecule has 1 aromatic carbocycles. The summed E-state index contributed by atoms with van der Waals surface area (Å²) in [4.78, 5) is 22.5. The van der Waals surface area contributed by atoms with E-state index in [4.69, 9.17) is 4.98 Å². The summed E-state index contributed by atoms with van der Waals surface area (Å²) in [5, 5.41) is 0.863. The second kappa shape index (κ2) is 9.32. The Morgan fingerprint density at radius 3 is 2.70 bits per heavy atom. The lowest BCUT2D eigenvalue weighted by Crippen LogP contribution is -2.40. The first-order chi connectivity index (χ1) is 15.6. The van der Waals surface area contributed by atoms with Gasteiger partial charge < -0.3 is 9.80 Å². The summed E-state index contributed by atoms with van der Waals surface area (Å²) in [6, 6.07) is 7.14. The fraction of sp³-hybridized carbons (Fsp3) is 0.654. The molecular formula is C26H37FN4OS. The lowest BCUT2D eigenvalue weighted by Gasteiger charge is -2.39. The van der Waals surface area contributed by atoms with Gasteiger partial charge in [0.2, 0.25) is 11.0 Å². The van der Waals surface area contributed by atoms with Crippen LogP contribution in [0.3, 0.4) is 0 Å². The topological polar surface area (TPSA) is 49.3 Å². The van der Waals surface area contributed by atoms with Crippen LogP contribution >= 0.6 is 11.5 Å². The van der Waals surface area contributed by atoms with E-state index in [9.17, 15) is 9.18 Å². The van der Waals surface area contributed by atoms with Crippen molar-refractivity contribution in [2.75, 3.05) is 18.0 Å². The zero-order valence-electron chi connectivity index (χ0n) is 20.6. The number of halogens is 1. The molecule has 1 saturated carbocycles. The maximum Gasteiger partial charge on any atom is 0.224 e. The van der Waals surface area contributed by atoms with Gasteiger partial charge in [-0.3, -0.25) is 4.79 Å². The number of fused-ring (bicyclic) bond motifs is 2. The van der Waals surface area contributed by atoms with E-state index in [0.717, 1.165) is 42.3 Å². The van der Waals surface area contributed by atoms with E-state index < -0.39 is 0 Å². The third-order valence-electron chi connectivity index (χ3n) is 7.40. The molecule has 7 heteroatoms. The molecular weight excluding hydrogens is 435 g/mol. The van der Waals surface area contributed by atoms with E-state index in [2.05, 4.69) is 48.8 Å². The smallest absolute Gasteiger partial charge is 0.224 e. The van der Waals surface area contributed by atoms with Crippen molar-refractivity contribution in [1.82, 2.24) is 14.3 Å². The fourth-order valence-corrected chi connectivity index (χ4v) is 6.87. The summed E-state index contributed by atoms with van der Waals surface area (Å²) in [5.41, 5.74) is 1.55. The van der Waals surface area contributed by atoms with Crippen molar-refractivity contribution in [2.24, 2.45) is 10.8 Å². The van der Waals surface area contributed by atoms with Crippen molar-refractivity contribution < 1.29 is 9.18 Å². The lowest BCUT2D eigenvalue weighted by atomic mass is 9.65. The van der Waals surface area contributed by atoms with Gasteiger partial charge in [0.15, 0.2) is 0 Å². The van der Waals surface area contributed by atoms with E-state index in [-0.39, 0.29) is 23.2 Å². The molecule has 4 rings (SSSR count). The number of benzene rings is 1. The zero-order chi connectivity index (χ0) is 23.8. The van der Waals surface area contributed by atoms with E-state index >= 15 is 0 Å². The number of anilines is 1. The first-order valence-corrected chi connectivity index (χ1v) is 13.0. The minimum absolute atomic E-state index is 0.238. The average molecular weight is 473 g/mol. The van der Waals surface area contributed by atoms with Crippen LogP contribution in [0.1, 0.15) is 78.1 Å². The Hall–Kier alpha value is -2.02. The molecule has 3 atom stereocenters. The first kappa shape index (κ1) is 24.1. The van der Waals surface area contributed by atoms with Crippen molar-refractivity contribution in [3.63, 3.8) is 0 Å². The highest BCUT2D eigenvalue weighted by molar-refractivity contribution is 7.09. The third-order valence-corrected chi connectivity index (χ3v) is 8.19. The molecule has 3 unspecified atom stereocenters. The molecule has 2 heterocycles. The molecule has 1 saturated heterocycles. The number of hydrogen-bond donors (Lipinski definition) is 0.